The van der Waals surface area contributed by atoms with Gasteiger partial charge in [-0.05, 0) is 142 Å². The number of para-hydroxylation sites is 3. The van der Waals surface area contributed by atoms with Crippen molar-refractivity contribution in [2.75, 3.05) is 0 Å². The summed E-state index contributed by atoms with van der Waals surface area (Å²) in [4.78, 5) is 38.1. The average Bonchev–Trinajstić information content (AvgIpc) is 3.88. The minimum atomic E-state index is -0.307. The van der Waals surface area contributed by atoms with E-state index in [2.05, 4.69) is 60.9 Å². The Labute approximate surface area is 319 Å². The molecule has 2 aromatic carbocycles. The lowest BCUT2D eigenvalue weighted by Crippen LogP contribution is -2.32. The van der Waals surface area contributed by atoms with Gasteiger partial charge in [-0.1, -0.05) is 34.0 Å². The van der Waals surface area contributed by atoms with E-state index >= 15 is 0 Å². The highest BCUT2D eigenvalue weighted by Gasteiger charge is 2.21. The van der Waals surface area contributed by atoms with E-state index in [-0.39, 0.29) is 28.0 Å². The Morgan fingerprint density at radius 2 is 1.11 bits per heavy atom. The summed E-state index contributed by atoms with van der Waals surface area (Å²) >= 11 is 0. The van der Waals surface area contributed by atoms with Gasteiger partial charge in [0.15, 0.2) is 11.2 Å². The first kappa shape index (κ1) is 40.1. The van der Waals surface area contributed by atoms with Crippen LogP contribution in [0.2, 0.25) is 0 Å². The summed E-state index contributed by atoms with van der Waals surface area (Å²) in [5, 5.41) is 15.7. The SMILES string of the molecule is CC(C)(C)On1nnc2ccccc21.CC(C)(C)On1nnc2cccnc21.CC(C)(C)n1c(=O)oc2ccccc21.CC(C)(C)n1cnc2ncccc21. The van der Waals surface area contributed by atoms with Crippen molar-refractivity contribution in [1.82, 2.24) is 54.4 Å². The molecule has 15 heteroatoms. The van der Waals surface area contributed by atoms with Crippen molar-refractivity contribution in [2.45, 2.75) is 105 Å². The third-order valence-corrected chi connectivity index (χ3v) is 7.42. The summed E-state index contributed by atoms with van der Waals surface area (Å²) in [6, 6.07) is 22.8. The van der Waals surface area contributed by atoms with Crippen molar-refractivity contribution in [1.29, 1.82) is 0 Å². The molecule has 55 heavy (non-hydrogen) atoms. The van der Waals surface area contributed by atoms with E-state index in [0.717, 1.165) is 33.2 Å². The molecule has 0 saturated carbocycles. The predicted octanol–water partition coefficient (Wildman–Crippen LogP) is 7.25. The van der Waals surface area contributed by atoms with Gasteiger partial charge in [0, 0.05) is 23.5 Å². The van der Waals surface area contributed by atoms with Gasteiger partial charge in [-0.3, -0.25) is 4.57 Å². The number of fused-ring (bicyclic) bond motifs is 4. The van der Waals surface area contributed by atoms with Gasteiger partial charge >= 0.3 is 5.76 Å². The number of hydrogen-bond acceptors (Lipinski definition) is 11. The van der Waals surface area contributed by atoms with Crippen LogP contribution in [0, 0.1) is 0 Å². The van der Waals surface area contributed by atoms with Gasteiger partial charge in [-0.25, -0.2) is 19.7 Å². The van der Waals surface area contributed by atoms with Crippen LogP contribution < -0.4 is 15.4 Å². The third kappa shape index (κ3) is 10.3. The first-order valence-corrected chi connectivity index (χ1v) is 18.0. The summed E-state index contributed by atoms with van der Waals surface area (Å²) in [5.41, 5.74) is 5.76. The molecule has 8 aromatic rings. The Kier molecular flexibility index (Phi) is 11.4. The molecular formula is C40H51N11O4. The van der Waals surface area contributed by atoms with Crippen LogP contribution in [0.4, 0.5) is 0 Å². The molecule has 8 rings (SSSR count). The molecule has 290 valence electrons. The van der Waals surface area contributed by atoms with Gasteiger partial charge in [-0.15, -0.1) is 10.2 Å². The Morgan fingerprint density at radius 1 is 0.564 bits per heavy atom. The van der Waals surface area contributed by atoms with Gasteiger partial charge < -0.3 is 18.7 Å². The van der Waals surface area contributed by atoms with Crippen molar-refractivity contribution in [3.8, 4) is 0 Å². The molecule has 0 aliphatic rings. The first-order chi connectivity index (χ1) is 25.7. The van der Waals surface area contributed by atoms with Crippen LogP contribution in [0.15, 0.2) is 101 Å². The van der Waals surface area contributed by atoms with Gasteiger partial charge in [0.1, 0.15) is 27.8 Å². The number of benzene rings is 2. The summed E-state index contributed by atoms with van der Waals surface area (Å²) in [5.74, 6) is -0.293. The molecule has 0 unspecified atom stereocenters. The molecule has 6 heterocycles. The second-order valence-corrected chi connectivity index (χ2v) is 16.6. The van der Waals surface area contributed by atoms with Crippen molar-refractivity contribution in [2.24, 2.45) is 0 Å². The monoisotopic (exact) mass is 749 g/mol. The summed E-state index contributed by atoms with van der Waals surface area (Å²) in [6.07, 6.45) is 5.30. The molecular weight excluding hydrogens is 699 g/mol. The summed E-state index contributed by atoms with van der Waals surface area (Å²) in [6.45, 7) is 24.2. The molecule has 15 nitrogen and oxygen atoms in total. The van der Waals surface area contributed by atoms with E-state index < -0.39 is 0 Å². The zero-order chi connectivity index (χ0) is 40.2. The largest absolute Gasteiger partial charge is 0.420 e. The topological polar surface area (TPSA) is 159 Å². The molecule has 0 aliphatic heterocycles. The number of rotatable bonds is 2. The van der Waals surface area contributed by atoms with Crippen LogP contribution in [0.25, 0.3) is 44.5 Å². The van der Waals surface area contributed by atoms with Crippen LogP contribution in [-0.4, -0.2) is 65.6 Å². The van der Waals surface area contributed by atoms with Crippen LogP contribution >= 0.6 is 0 Å². The molecule has 0 atom stereocenters. The summed E-state index contributed by atoms with van der Waals surface area (Å²) < 4.78 is 8.94. The fraction of sp³-hybridized carbons (Fsp3) is 0.400. The predicted molar refractivity (Wildman–Crippen MR) is 214 cm³/mol. The maximum absolute atomic E-state index is 11.6. The average molecular weight is 750 g/mol. The maximum Gasteiger partial charge on any atom is 0.420 e. The van der Waals surface area contributed by atoms with E-state index in [0.29, 0.717) is 11.2 Å². The highest BCUT2D eigenvalue weighted by molar-refractivity contribution is 5.74. The highest BCUT2D eigenvalue weighted by Crippen LogP contribution is 2.21. The molecule has 0 spiro atoms. The molecule has 0 radical (unpaired) electrons. The fourth-order valence-corrected chi connectivity index (χ4v) is 5.23. The fourth-order valence-electron chi connectivity index (χ4n) is 5.23. The summed E-state index contributed by atoms with van der Waals surface area (Å²) in [7, 11) is 0. The van der Waals surface area contributed by atoms with Crippen molar-refractivity contribution in [3.63, 3.8) is 0 Å². The van der Waals surface area contributed by atoms with Gasteiger partial charge in [-0.2, -0.15) is 0 Å². The molecule has 0 aliphatic carbocycles. The zero-order valence-corrected chi connectivity index (χ0v) is 33.7. The maximum atomic E-state index is 11.6. The lowest BCUT2D eigenvalue weighted by atomic mass is 10.1. The smallest absolute Gasteiger partial charge is 0.408 e. The number of oxazole rings is 1. The second-order valence-electron chi connectivity index (χ2n) is 16.6. The van der Waals surface area contributed by atoms with Crippen molar-refractivity contribution >= 4 is 44.5 Å². The van der Waals surface area contributed by atoms with Crippen LogP contribution in [0.5, 0.6) is 0 Å². The molecule has 6 aromatic heterocycles. The molecule has 0 bridgehead atoms. The van der Waals surface area contributed by atoms with E-state index in [4.69, 9.17) is 14.1 Å². The number of hydrogen-bond donors (Lipinski definition) is 0. The standard InChI is InChI=1S/C11H13NO2.C10H13N3O.C10H13N3.C9H12N4O/c1-11(2,3)12-8-6-4-5-7-9(8)14-10(12)13;1-10(2,3)14-13-9-7-5-4-6-8(9)11-12-13;1-10(2,3)13-7-12-9-8(13)5-4-6-11-9;1-9(2,3)14-13-8-7(11-12-13)5-4-6-10-8/h2*4-7H,1-3H3;4-7H,1-3H3;4-6H,1-3H3. The highest BCUT2D eigenvalue weighted by atomic mass is 16.7. The lowest BCUT2D eigenvalue weighted by molar-refractivity contribution is -0.0304. The molecule has 0 N–H and O–H groups in total. The van der Waals surface area contributed by atoms with Gasteiger partial charge in [0.2, 0.25) is 5.65 Å². The number of aromatic nitrogens is 11. The Morgan fingerprint density at radius 3 is 1.78 bits per heavy atom. The lowest BCUT2D eigenvalue weighted by Gasteiger charge is -2.21. The molecule has 0 amide bonds. The normalized spacial score (nSPS) is 12.1. The van der Waals surface area contributed by atoms with Gasteiger partial charge in [0.05, 0.1) is 17.4 Å². The van der Waals surface area contributed by atoms with E-state index in [1.54, 1.807) is 23.0 Å². The minimum absolute atomic E-state index is 0.0672. The number of nitrogens with zero attached hydrogens (tertiary/aromatic N) is 11. The Hall–Kier alpha value is -6.12. The quantitative estimate of drug-likeness (QED) is 0.175. The third-order valence-electron chi connectivity index (χ3n) is 7.42. The van der Waals surface area contributed by atoms with Crippen molar-refractivity contribution in [3.05, 3.63) is 102 Å². The van der Waals surface area contributed by atoms with Gasteiger partial charge in [0.25, 0.3) is 0 Å². The molecule has 0 saturated heterocycles. The zero-order valence-electron chi connectivity index (χ0n) is 33.7. The number of pyridine rings is 2. The van der Waals surface area contributed by atoms with E-state index in [1.165, 1.54) is 9.69 Å². The van der Waals surface area contributed by atoms with Crippen LogP contribution in [0.1, 0.15) is 83.1 Å². The van der Waals surface area contributed by atoms with E-state index in [9.17, 15) is 4.79 Å². The van der Waals surface area contributed by atoms with E-state index in [1.807, 2.05) is 135 Å². The van der Waals surface area contributed by atoms with Crippen LogP contribution in [0.3, 0.4) is 0 Å². The molecule has 0 fully saturated rings. The Bertz CT molecular complexity index is 2450. The van der Waals surface area contributed by atoms with Crippen molar-refractivity contribution < 1.29 is 14.1 Å². The first-order valence-electron chi connectivity index (χ1n) is 18.0. The second kappa shape index (κ2) is 15.7. The van der Waals surface area contributed by atoms with Crippen LogP contribution in [-0.2, 0) is 11.1 Å². The Balaban J connectivity index is 0.000000141. The number of imidazole rings is 1. The minimum Gasteiger partial charge on any atom is -0.408 e.